The second-order valence-corrected chi connectivity index (χ2v) is 6.88. The van der Waals surface area contributed by atoms with E-state index in [4.69, 9.17) is 5.26 Å². The molecule has 1 fully saturated rings. The zero-order valence-electron chi connectivity index (χ0n) is 12.7. The van der Waals surface area contributed by atoms with Gasteiger partial charge in [0.2, 0.25) is 10.0 Å². The van der Waals surface area contributed by atoms with Gasteiger partial charge in [0.1, 0.15) is 6.07 Å². The number of sulfonamides is 1. The lowest BCUT2D eigenvalue weighted by Gasteiger charge is -2.15. The Balaban J connectivity index is 2.12. The minimum atomic E-state index is -3.45. The summed E-state index contributed by atoms with van der Waals surface area (Å²) >= 11 is 0. The Morgan fingerprint density at radius 1 is 1.30 bits per heavy atom. The largest absolute Gasteiger partial charge is 0.465 e. The maximum absolute atomic E-state index is 12.4. The van der Waals surface area contributed by atoms with Crippen LogP contribution in [0.25, 0.3) is 0 Å². The number of hydrogen-bond donors (Lipinski definition) is 1. The average molecular weight is 335 g/mol. The van der Waals surface area contributed by atoms with Crippen LogP contribution >= 0.6 is 0 Å². The maximum atomic E-state index is 12.4. The van der Waals surface area contributed by atoms with Crippen LogP contribution in [0.3, 0.4) is 0 Å². The van der Waals surface area contributed by atoms with E-state index in [2.05, 4.69) is 10.1 Å². The number of nitrogens with zero attached hydrogens (tertiary/aromatic N) is 2. The molecule has 1 N–H and O–H groups in total. The first-order chi connectivity index (χ1) is 11.0. The van der Waals surface area contributed by atoms with Crippen molar-refractivity contribution in [3.63, 3.8) is 0 Å². The summed E-state index contributed by atoms with van der Waals surface area (Å²) in [6.07, 6.45) is 2.98. The zero-order valence-corrected chi connectivity index (χ0v) is 13.5. The summed E-state index contributed by atoms with van der Waals surface area (Å²) in [5, 5.41) is 11.6. The highest BCUT2D eigenvalue weighted by Gasteiger charge is 2.26. The van der Waals surface area contributed by atoms with Gasteiger partial charge in [-0.1, -0.05) is 0 Å². The molecular formula is C15H17N3O4S. The van der Waals surface area contributed by atoms with Gasteiger partial charge in [-0.2, -0.15) is 9.57 Å². The van der Waals surface area contributed by atoms with Crippen molar-refractivity contribution >= 4 is 21.7 Å². The molecule has 8 heteroatoms. The fourth-order valence-corrected chi connectivity index (χ4v) is 3.72. The monoisotopic (exact) mass is 335 g/mol. The van der Waals surface area contributed by atoms with E-state index in [0.717, 1.165) is 12.8 Å². The van der Waals surface area contributed by atoms with Crippen molar-refractivity contribution in [2.24, 2.45) is 0 Å². The fraction of sp³-hybridized carbons (Fsp3) is 0.333. The van der Waals surface area contributed by atoms with Crippen molar-refractivity contribution in [2.45, 2.75) is 17.7 Å². The van der Waals surface area contributed by atoms with Gasteiger partial charge < -0.3 is 10.1 Å². The summed E-state index contributed by atoms with van der Waals surface area (Å²) in [6, 6.07) is 7.86. The highest BCUT2D eigenvalue weighted by Crippen LogP contribution is 2.22. The first kappa shape index (κ1) is 17.0. The predicted octanol–water partition coefficient (Wildman–Crippen LogP) is 1.46. The van der Waals surface area contributed by atoms with Gasteiger partial charge in [0, 0.05) is 25.0 Å². The molecule has 0 aliphatic carbocycles. The third kappa shape index (κ3) is 3.88. The van der Waals surface area contributed by atoms with Crippen LogP contribution in [0.2, 0.25) is 0 Å². The van der Waals surface area contributed by atoms with E-state index < -0.39 is 16.0 Å². The van der Waals surface area contributed by atoms with E-state index in [9.17, 15) is 13.2 Å². The number of ether oxygens (including phenoxy) is 1. The predicted molar refractivity (Wildman–Crippen MR) is 83.8 cm³/mol. The molecule has 23 heavy (non-hydrogen) atoms. The Morgan fingerprint density at radius 2 is 1.91 bits per heavy atom. The molecule has 1 aromatic rings. The molecule has 1 saturated heterocycles. The SMILES string of the molecule is COC(=O)/C(C#N)=C\Nc1ccc(S(=O)(=O)N2CCCC2)cc1. The van der Waals surface area contributed by atoms with E-state index in [1.807, 2.05) is 0 Å². The molecule has 122 valence electrons. The molecule has 0 radical (unpaired) electrons. The normalized spacial score (nSPS) is 15.9. The molecule has 0 bridgehead atoms. The number of carbonyl (C=O) groups is 1. The number of nitrogens with one attached hydrogen (secondary N) is 1. The summed E-state index contributed by atoms with van der Waals surface area (Å²) in [7, 11) is -2.26. The number of anilines is 1. The Labute approximate surface area is 135 Å². The summed E-state index contributed by atoms with van der Waals surface area (Å²) in [5.41, 5.74) is 0.378. The third-order valence-corrected chi connectivity index (χ3v) is 5.38. The van der Waals surface area contributed by atoms with Crippen LogP contribution < -0.4 is 5.32 Å². The number of hydrogen-bond acceptors (Lipinski definition) is 6. The molecule has 0 unspecified atom stereocenters. The summed E-state index contributed by atoms with van der Waals surface area (Å²) in [4.78, 5) is 11.5. The Morgan fingerprint density at radius 3 is 2.43 bits per heavy atom. The Bertz CT molecular complexity index is 742. The Hall–Kier alpha value is -2.37. The first-order valence-corrected chi connectivity index (χ1v) is 8.48. The van der Waals surface area contributed by atoms with Crippen LogP contribution in [0.5, 0.6) is 0 Å². The van der Waals surface area contributed by atoms with Crippen molar-refractivity contribution in [2.75, 3.05) is 25.5 Å². The summed E-state index contributed by atoms with van der Waals surface area (Å²) in [6.45, 7) is 1.10. The number of carbonyl (C=O) groups excluding carboxylic acids is 1. The number of benzene rings is 1. The van der Waals surface area contributed by atoms with Gasteiger partial charge in [0.05, 0.1) is 12.0 Å². The van der Waals surface area contributed by atoms with Crippen molar-refractivity contribution in [3.8, 4) is 6.07 Å². The second kappa shape index (κ2) is 7.26. The van der Waals surface area contributed by atoms with Crippen molar-refractivity contribution < 1.29 is 17.9 Å². The summed E-state index contributed by atoms with van der Waals surface area (Å²) < 4.78 is 30.7. The summed E-state index contributed by atoms with van der Waals surface area (Å²) in [5.74, 6) is -0.742. The number of methoxy groups -OCH3 is 1. The van der Waals surface area contributed by atoms with Crippen LogP contribution in [0, 0.1) is 11.3 Å². The lowest BCUT2D eigenvalue weighted by Crippen LogP contribution is -2.27. The van der Waals surface area contributed by atoms with E-state index in [-0.39, 0.29) is 10.5 Å². The second-order valence-electron chi connectivity index (χ2n) is 4.94. The molecule has 2 rings (SSSR count). The highest BCUT2D eigenvalue weighted by molar-refractivity contribution is 7.89. The number of rotatable bonds is 5. The van der Waals surface area contributed by atoms with E-state index >= 15 is 0 Å². The Kier molecular flexibility index (Phi) is 5.36. The van der Waals surface area contributed by atoms with E-state index in [1.54, 1.807) is 18.2 Å². The molecule has 0 saturated carbocycles. The molecule has 0 atom stereocenters. The quantitative estimate of drug-likeness (QED) is 0.497. The maximum Gasteiger partial charge on any atom is 0.350 e. The van der Waals surface area contributed by atoms with Gasteiger partial charge in [0.25, 0.3) is 0 Å². The van der Waals surface area contributed by atoms with Crippen LogP contribution in [0.4, 0.5) is 5.69 Å². The minimum Gasteiger partial charge on any atom is -0.465 e. The highest BCUT2D eigenvalue weighted by atomic mass is 32.2. The molecule has 1 aliphatic heterocycles. The molecule has 1 heterocycles. The van der Waals surface area contributed by atoms with Gasteiger partial charge in [0.15, 0.2) is 5.57 Å². The number of nitriles is 1. The lowest BCUT2D eigenvalue weighted by atomic mass is 10.3. The van der Waals surface area contributed by atoms with Gasteiger partial charge >= 0.3 is 5.97 Å². The minimum absolute atomic E-state index is 0.179. The van der Waals surface area contributed by atoms with Crippen molar-refractivity contribution in [1.29, 1.82) is 5.26 Å². The molecule has 0 spiro atoms. The van der Waals surface area contributed by atoms with Crippen LogP contribution in [0.1, 0.15) is 12.8 Å². The molecule has 0 aromatic heterocycles. The van der Waals surface area contributed by atoms with Gasteiger partial charge in [-0.25, -0.2) is 13.2 Å². The van der Waals surface area contributed by atoms with Gasteiger partial charge in [-0.05, 0) is 37.1 Å². The van der Waals surface area contributed by atoms with Crippen molar-refractivity contribution in [3.05, 3.63) is 36.0 Å². The molecule has 1 aliphatic rings. The van der Waals surface area contributed by atoms with Gasteiger partial charge in [-0.15, -0.1) is 0 Å². The molecule has 7 nitrogen and oxygen atoms in total. The lowest BCUT2D eigenvalue weighted by molar-refractivity contribution is -0.135. The molecule has 1 aromatic carbocycles. The van der Waals surface area contributed by atoms with Crippen molar-refractivity contribution in [1.82, 2.24) is 4.31 Å². The van der Waals surface area contributed by atoms with Crippen LogP contribution in [-0.2, 0) is 19.6 Å². The van der Waals surface area contributed by atoms with E-state index in [0.29, 0.717) is 18.8 Å². The van der Waals surface area contributed by atoms with Crippen LogP contribution in [-0.4, -0.2) is 38.9 Å². The standard InChI is InChI=1S/C15H17N3O4S/c1-22-15(19)12(10-16)11-17-13-4-6-14(7-5-13)23(20,21)18-8-2-3-9-18/h4-7,11,17H,2-3,8-9H2,1H3/b12-11-. The smallest absolute Gasteiger partial charge is 0.350 e. The first-order valence-electron chi connectivity index (χ1n) is 7.04. The van der Waals surface area contributed by atoms with Gasteiger partial charge in [-0.3, -0.25) is 0 Å². The van der Waals surface area contributed by atoms with E-state index in [1.165, 1.54) is 29.7 Å². The zero-order chi connectivity index (χ0) is 16.9. The average Bonchev–Trinajstić information content (AvgIpc) is 3.11. The topological polar surface area (TPSA) is 99.5 Å². The number of esters is 1. The fourth-order valence-electron chi connectivity index (χ4n) is 2.20. The molecular weight excluding hydrogens is 318 g/mol. The molecule has 0 amide bonds. The third-order valence-electron chi connectivity index (χ3n) is 3.47. The van der Waals surface area contributed by atoms with Crippen LogP contribution in [0.15, 0.2) is 40.9 Å².